The van der Waals surface area contributed by atoms with E-state index < -0.39 is 0 Å². The quantitative estimate of drug-likeness (QED) is 0.267. The van der Waals surface area contributed by atoms with Gasteiger partial charge in [-0.1, -0.05) is 6.92 Å². The van der Waals surface area contributed by atoms with Gasteiger partial charge in [0.05, 0.1) is 16.1 Å². The molecule has 0 saturated heterocycles. The lowest BCUT2D eigenvalue weighted by Crippen LogP contribution is -2.11. The molecule has 0 amide bonds. The molecule has 0 saturated carbocycles. The molecule has 0 unspecified atom stereocenters. The highest BCUT2D eigenvalue weighted by atomic mass is 32.1. The second-order valence-corrected chi connectivity index (χ2v) is 9.47. The van der Waals surface area contributed by atoms with Gasteiger partial charge in [-0.3, -0.25) is 14.9 Å². The van der Waals surface area contributed by atoms with Crippen LogP contribution in [0.2, 0.25) is 0 Å². The zero-order chi connectivity index (χ0) is 24.6. The van der Waals surface area contributed by atoms with E-state index in [1.165, 1.54) is 11.3 Å². The van der Waals surface area contributed by atoms with Gasteiger partial charge < -0.3 is 10.3 Å². The Kier molecular flexibility index (Phi) is 5.59. The first-order chi connectivity index (χ1) is 17.6. The largest absolute Gasteiger partial charge is 0.321 e. The molecule has 6 aromatic heterocycles. The maximum atomic E-state index is 11.8. The maximum Gasteiger partial charge on any atom is 0.169 e. The van der Waals surface area contributed by atoms with Gasteiger partial charge in [0, 0.05) is 41.1 Å². The van der Waals surface area contributed by atoms with E-state index in [1.54, 1.807) is 13.1 Å². The minimum atomic E-state index is 0.0477. The van der Waals surface area contributed by atoms with E-state index in [0.717, 1.165) is 51.4 Å². The van der Waals surface area contributed by atoms with E-state index >= 15 is 0 Å². The van der Waals surface area contributed by atoms with Crippen LogP contribution in [-0.4, -0.2) is 47.4 Å². The van der Waals surface area contributed by atoms with Crippen molar-refractivity contribution in [1.82, 2.24) is 40.4 Å². The fourth-order valence-electron chi connectivity index (χ4n) is 4.11. The third-order valence-electron chi connectivity index (χ3n) is 5.90. The number of nitrogens with one attached hydrogen (secondary N) is 3. The first kappa shape index (κ1) is 22.2. The Morgan fingerprint density at radius 2 is 2.00 bits per heavy atom. The van der Waals surface area contributed by atoms with Crippen LogP contribution in [0.3, 0.4) is 0 Å². The van der Waals surface area contributed by atoms with Crippen molar-refractivity contribution >= 4 is 39.3 Å². The van der Waals surface area contributed by atoms with Crippen LogP contribution in [-0.2, 0) is 6.54 Å². The summed E-state index contributed by atoms with van der Waals surface area (Å²) in [5.74, 6) is 0.620. The number of ketones is 1. The zero-order valence-electron chi connectivity index (χ0n) is 19.7. The summed E-state index contributed by atoms with van der Waals surface area (Å²) in [6.45, 7) is 5.30. The molecule has 6 heterocycles. The third kappa shape index (κ3) is 3.96. The van der Waals surface area contributed by atoms with E-state index in [0.29, 0.717) is 27.6 Å². The fourth-order valence-corrected chi connectivity index (χ4v) is 5.04. The van der Waals surface area contributed by atoms with E-state index in [2.05, 4.69) is 43.5 Å². The van der Waals surface area contributed by atoms with Gasteiger partial charge in [0.25, 0.3) is 0 Å². The average Bonchev–Trinajstić information content (AvgIpc) is 3.64. The summed E-state index contributed by atoms with van der Waals surface area (Å²) in [6, 6.07) is 11.7. The van der Waals surface area contributed by atoms with Crippen molar-refractivity contribution in [3.05, 3.63) is 65.4 Å². The van der Waals surface area contributed by atoms with Crippen molar-refractivity contribution < 1.29 is 4.79 Å². The van der Waals surface area contributed by atoms with Crippen LogP contribution >= 0.6 is 11.3 Å². The number of aromatic nitrogens is 7. The molecular weight excluding hydrogens is 472 g/mol. The molecule has 0 radical (unpaired) electrons. The molecule has 0 bridgehead atoms. The summed E-state index contributed by atoms with van der Waals surface area (Å²) < 4.78 is 0. The van der Waals surface area contributed by atoms with Gasteiger partial charge in [0.15, 0.2) is 22.9 Å². The molecule has 0 atom stereocenters. The van der Waals surface area contributed by atoms with Crippen molar-refractivity contribution in [3.8, 4) is 33.2 Å². The predicted molar refractivity (Wildman–Crippen MR) is 141 cm³/mol. The first-order valence-corrected chi connectivity index (χ1v) is 12.4. The normalized spacial score (nSPS) is 11.5. The SMILES string of the molecule is CCNCc1cncc(-c2ccc3[nH]nc(-c4nc5c(-c6ccc(C(C)=O)s6)ccnc5[nH]4)c3n2)c1. The number of aromatic amines is 2. The average molecular weight is 495 g/mol. The standard InChI is InChI=1S/C26H22N8OS/c1-3-27-11-15-10-16(13-28-12-15)18-4-5-19-23(30-18)24(34-33-19)26-31-22-17(8-9-29-25(22)32-26)21-7-6-20(36-21)14(2)35/h4-10,12-13,27H,3,11H2,1-2H3,(H,33,34)(H,29,31,32). The molecule has 6 rings (SSSR count). The number of thiophene rings is 1. The number of rotatable bonds is 7. The summed E-state index contributed by atoms with van der Waals surface area (Å²) in [6.07, 6.45) is 5.41. The second-order valence-electron chi connectivity index (χ2n) is 8.39. The van der Waals surface area contributed by atoms with Crippen LogP contribution in [0.5, 0.6) is 0 Å². The highest BCUT2D eigenvalue weighted by Gasteiger charge is 2.18. The molecule has 6 aromatic rings. The smallest absolute Gasteiger partial charge is 0.169 e. The Balaban J connectivity index is 1.42. The lowest BCUT2D eigenvalue weighted by molar-refractivity contribution is 0.102. The molecule has 0 aliphatic rings. The molecule has 0 spiro atoms. The van der Waals surface area contributed by atoms with E-state index in [4.69, 9.17) is 9.97 Å². The number of carbonyl (C=O) groups is 1. The number of pyridine rings is 3. The second kappa shape index (κ2) is 9.06. The monoisotopic (exact) mass is 494 g/mol. The van der Waals surface area contributed by atoms with Gasteiger partial charge in [-0.2, -0.15) is 5.10 Å². The van der Waals surface area contributed by atoms with Crippen LogP contribution in [0.1, 0.15) is 29.1 Å². The molecule has 0 aromatic carbocycles. The van der Waals surface area contributed by atoms with Crippen molar-refractivity contribution in [2.24, 2.45) is 0 Å². The Hall–Kier alpha value is -4.28. The van der Waals surface area contributed by atoms with Crippen LogP contribution in [0.25, 0.3) is 55.4 Å². The Labute approximate surface area is 210 Å². The lowest BCUT2D eigenvalue weighted by Gasteiger charge is -2.05. The molecule has 36 heavy (non-hydrogen) atoms. The molecule has 178 valence electrons. The van der Waals surface area contributed by atoms with Crippen LogP contribution in [0.4, 0.5) is 0 Å². The molecule has 0 aliphatic carbocycles. The lowest BCUT2D eigenvalue weighted by atomic mass is 10.1. The molecule has 3 N–H and O–H groups in total. The summed E-state index contributed by atoms with van der Waals surface area (Å²) in [7, 11) is 0. The topological polar surface area (TPSA) is 125 Å². The van der Waals surface area contributed by atoms with Crippen molar-refractivity contribution in [1.29, 1.82) is 0 Å². The number of Topliss-reactive ketones (excluding diaryl/α,β-unsaturated/α-hetero) is 1. The van der Waals surface area contributed by atoms with Crippen LogP contribution in [0.15, 0.2) is 55.0 Å². The van der Waals surface area contributed by atoms with Crippen molar-refractivity contribution in [2.75, 3.05) is 6.54 Å². The van der Waals surface area contributed by atoms with Gasteiger partial charge >= 0.3 is 0 Å². The first-order valence-electron chi connectivity index (χ1n) is 11.6. The number of hydrogen-bond donors (Lipinski definition) is 3. The summed E-state index contributed by atoms with van der Waals surface area (Å²) in [5.41, 5.74) is 7.25. The van der Waals surface area contributed by atoms with Gasteiger partial charge in [0.2, 0.25) is 0 Å². The van der Waals surface area contributed by atoms with Crippen LogP contribution in [0, 0.1) is 0 Å². The minimum Gasteiger partial charge on any atom is -0.321 e. The minimum absolute atomic E-state index is 0.0477. The van der Waals surface area contributed by atoms with Gasteiger partial charge in [0.1, 0.15) is 11.0 Å². The summed E-state index contributed by atoms with van der Waals surface area (Å²) in [5, 5.41) is 10.9. The van der Waals surface area contributed by atoms with E-state index in [-0.39, 0.29) is 5.78 Å². The highest BCUT2D eigenvalue weighted by molar-refractivity contribution is 7.17. The summed E-state index contributed by atoms with van der Waals surface area (Å²) >= 11 is 1.45. The molecule has 9 nitrogen and oxygen atoms in total. The third-order valence-corrected chi connectivity index (χ3v) is 7.12. The number of imidazole rings is 1. The number of hydrogen-bond acceptors (Lipinski definition) is 8. The number of fused-ring (bicyclic) bond motifs is 2. The van der Waals surface area contributed by atoms with Gasteiger partial charge in [-0.05, 0) is 55.4 Å². The number of H-pyrrole nitrogens is 2. The molecule has 0 fully saturated rings. The Morgan fingerprint density at radius 1 is 1.08 bits per heavy atom. The number of carbonyl (C=O) groups excluding carboxylic acids is 1. The molecule has 0 aliphatic heterocycles. The van der Waals surface area contributed by atoms with E-state index in [1.807, 2.05) is 42.7 Å². The van der Waals surface area contributed by atoms with Gasteiger partial charge in [-0.15, -0.1) is 11.3 Å². The van der Waals surface area contributed by atoms with Gasteiger partial charge in [-0.25, -0.2) is 15.0 Å². The zero-order valence-corrected chi connectivity index (χ0v) is 20.5. The van der Waals surface area contributed by atoms with Crippen LogP contribution < -0.4 is 5.32 Å². The fraction of sp³-hybridized carbons (Fsp3) is 0.154. The Morgan fingerprint density at radius 3 is 2.83 bits per heavy atom. The summed E-state index contributed by atoms with van der Waals surface area (Å²) in [4.78, 5) is 35.4. The molecular formula is C26H22N8OS. The number of nitrogens with zero attached hydrogens (tertiary/aromatic N) is 5. The maximum absolute atomic E-state index is 11.8. The van der Waals surface area contributed by atoms with E-state index in [9.17, 15) is 4.79 Å². The van der Waals surface area contributed by atoms with Crippen molar-refractivity contribution in [2.45, 2.75) is 20.4 Å². The Bertz CT molecular complexity index is 1730. The molecule has 10 heteroatoms. The predicted octanol–water partition coefficient (Wildman–Crippen LogP) is 5.00. The highest BCUT2D eigenvalue weighted by Crippen LogP contribution is 2.34. The van der Waals surface area contributed by atoms with Crippen molar-refractivity contribution in [3.63, 3.8) is 0 Å².